The van der Waals surface area contributed by atoms with Crippen LogP contribution in [0.3, 0.4) is 0 Å². The first kappa shape index (κ1) is 12.4. The van der Waals surface area contributed by atoms with E-state index < -0.39 is 17.7 Å². The van der Waals surface area contributed by atoms with Gasteiger partial charge in [-0.2, -0.15) is 0 Å². The fourth-order valence-corrected chi connectivity index (χ4v) is 0.746. The van der Waals surface area contributed by atoms with Crippen molar-refractivity contribution in [1.29, 1.82) is 0 Å². The predicted octanol–water partition coefficient (Wildman–Crippen LogP) is 0.426. The smallest absolute Gasteiger partial charge is 0.307 e. The molecule has 0 fully saturated rings. The summed E-state index contributed by atoms with van der Waals surface area (Å²) in [6, 6.07) is -0.546. The molecule has 0 saturated heterocycles. The van der Waals surface area contributed by atoms with Crippen LogP contribution >= 0.6 is 0 Å². The van der Waals surface area contributed by atoms with E-state index in [4.69, 9.17) is 15.6 Å². The maximum atomic E-state index is 11.2. The molecule has 0 aliphatic carbocycles. The number of ether oxygens (including phenoxy) is 1. The first-order valence-electron chi connectivity index (χ1n) is 4.38. The van der Waals surface area contributed by atoms with Gasteiger partial charge >= 0.3 is 5.97 Å². The Labute approximate surface area is 79.1 Å². The van der Waals surface area contributed by atoms with Gasteiger partial charge < -0.3 is 15.6 Å². The van der Waals surface area contributed by atoms with Crippen LogP contribution in [0.1, 0.15) is 34.1 Å². The number of hydrogen-bond acceptors (Lipinski definition) is 4. The van der Waals surface area contributed by atoms with E-state index in [-0.39, 0.29) is 12.4 Å². The molecule has 0 aliphatic heterocycles. The van der Waals surface area contributed by atoms with Gasteiger partial charge in [0, 0.05) is 6.04 Å². The number of nitrogens with two attached hydrogens (primary N) is 1. The monoisotopic (exact) mass is 189 g/mol. The summed E-state index contributed by atoms with van der Waals surface area (Å²) in [4.78, 5) is 11.2. The second-order valence-corrected chi connectivity index (χ2v) is 4.20. The van der Waals surface area contributed by atoms with Gasteiger partial charge in [0.15, 0.2) is 0 Å². The van der Waals surface area contributed by atoms with E-state index in [1.807, 2.05) is 0 Å². The van der Waals surface area contributed by atoms with E-state index in [0.29, 0.717) is 0 Å². The zero-order valence-corrected chi connectivity index (χ0v) is 8.70. The lowest BCUT2D eigenvalue weighted by atomic mass is 10.1. The Kier molecular flexibility index (Phi) is 4.36. The molecule has 0 bridgehead atoms. The van der Waals surface area contributed by atoms with Gasteiger partial charge in [0.05, 0.1) is 12.5 Å². The molecular weight excluding hydrogens is 170 g/mol. The Morgan fingerprint density at radius 3 is 2.31 bits per heavy atom. The van der Waals surface area contributed by atoms with E-state index in [2.05, 4.69) is 0 Å². The highest BCUT2D eigenvalue weighted by Gasteiger charge is 2.20. The zero-order chi connectivity index (χ0) is 10.6. The molecule has 78 valence electrons. The highest BCUT2D eigenvalue weighted by atomic mass is 16.6. The summed E-state index contributed by atoms with van der Waals surface area (Å²) in [7, 11) is 0. The first-order valence-corrected chi connectivity index (χ1v) is 4.38. The molecule has 0 aromatic carbocycles. The molecule has 0 amide bonds. The molecule has 0 aromatic rings. The van der Waals surface area contributed by atoms with Crippen LogP contribution in [0.2, 0.25) is 0 Å². The van der Waals surface area contributed by atoms with Crippen molar-refractivity contribution in [3.05, 3.63) is 0 Å². The van der Waals surface area contributed by atoms with Gasteiger partial charge in [0.1, 0.15) is 5.60 Å². The summed E-state index contributed by atoms with van der Waals surface area (Å²) in [6.45, 7) is 6.92. The summed E-state index contributed by atoms with van der Waals surface area (Å²) < 4.78 is 5.03. The van der Waals surface area contributed by atoms with E-state index in [9.17, 15) is 4.79 Å². The van der Waals surface area contributed by atoms with Gasteiger partial charge in [-0.1, -0.05) is 0 Å². The molecule has 0 saturated carbocycles. The Morgan fingerprint density at radius 2 is 2.00 bits per heavy atom. The van der Waals surface area contributed by atoms with Gasteiger partial charge in [-0.3, -0.25) is 4.79 Å². The lowest BCUT2D eigenvalue weighted by molar-refractivity contribution is -0.155. The van der Waals surface area contributed by atoms with Gasteiger partial charge in [-0.25, -0.2) is 0 Å². The molecule has 2 atom stereocenters. The second-order valence-electron chi connectivity index (χ2n) is 4.20. The van der Waals surface area contributed by atoms with Crippen molar-refractivity contribution in [2.45, 2.75) is 51.9 Å². The lowest BCUT2D eigenvalue weighted by Gasteiger charge is -2.21. The number of carbonyl (C=O) groups is 1. The van der Waals surface area contributed by atoms with Crippen LogP contribution < -0.4 is 5.73 Å². The average Bonchev–Trinajstić information content (AvgIpc) is 1.81. The molecule has 13 heavy (non-hydrogen) atoms. The van der Waals surface area contributed by atoms with Crippen LogP contribution in [0.5, 0.6) is 0 Å². The second kappa shape index (κ2) is 4.58. The third-order valence-corrected chi connectivity index (χ3v) is 1.44. The van der Waals surface area contributed by atoms with Crippen LogP contribution in [-0.2, 0) is 9.53 Å². The van der Waals surface area contributed by atoms with E-state index in [1.54, 1.807) is 27.7 Å². The molecule has 0 aliphatic rings. The van der Waals surface area contributed by atoms with Crippen molar-refractivity contribution in [1.82, 2.24) is 0 Å². The molecule has 1 unspecified atom stereocenters. The molecule has 0 aromatic heterocycles. The number of aliphatic hydroxyl groups is 1. The van der Waals surface area contributed by atoms with Crippen LogP contribution in [-0.4, -0.2) is 28.8 Å². The molecule has 0 heterocycles. The van der Waals surface area contributed by atoms with Crippen molar-refractivity contribution in [2.75, 3.05) is 0 Å². The van der Waals surface area contributed by atoms with Gasteiger partial charge in [-0.15, -0.1) is 0 Å². The third-order valence-electron chi connectivity index (χ3n) is 1.44. The fourth-order valence-electron chi connectivity index (χ4n) is 0.746. The summed E-state index contributed by atoms with van der Waals surface area (Å²) in [5, 5.41) is 9.04. The highest BCUT2D eigenvalue weighted by Crippen LogP contribution is 2.09. The number of esters is 1. The molecular formula is C9H19NO3. The minimum absolute atomic E-state index is 0.0505. The van der Waals surface area contributed by atoms with Crippen molar-refractivity contribution in [3.8, 4) is 0 Å². The third kappa shape index (κ3) is 6.54. The molecule has 4 heteroatoms. The number of aliphatic hydroxyl groups excluding tert-OH is 1. The van der Waals surface area contributed by atoms with Crippen LogP contribution in [0.4, 0.5) is 0 Å². The highest BCUT2D eigenvalue weighted by molar-refractivity contribution is 5.70. The average molecular weight is 189 g/mol. The van der Waals surface area contributed by atoms with Gasteiger partial charge in [-0.05, 0) is 27.7 Å². The predicted molar refractivity (Wildman–Crippen MR) is 50.1 cm³/mol. The number of hydrogen-bond donors (Lipinski definition) is 2. The van der Waals surface area contributed by atoms with Crippen LogP contribution in [0.15, 0.2) is 0 Å². The topological polar surface area (TPSA) is 72.5 Å². The minimum atomic E-state index is -0.687. The summed E-state index contributed by atoms with van der Waals surface area (Å²) >= 11 is 0. The minimum Gasteiger partial charge on any atom is -0.460 e. The van der Waals surface area contributed by atoms with E-state index >= 15 is 0 Å². The Hall–Kier alpha value is -0.610. The molecule has 0 rings (SSSR count). The van der Waals surface area contributed by atoms with Crippen LogP contribution in [0, 0.1) is 0 Å². The van der Waals surface area contributed by atoms with Gasteiger partial charge in [0.2, 0.25) is 0 Å². The van der Waals surface area contributed by atoms with Crippen molar-refractivity contribution in [2.24, 2.45) is 5.73 Å². The molecule has 3 N–H and O–H groups in total. The maximum absolute atomic E-state index is 11.2. The molecule has 0 spiro atoms. The van der Waals surface area contributed by atoms with Crippen molar-refractivity contribution in [3.63, 3.8) is 0 Å². The molecule has 0 radical (unpaired) electrons. The van der Waals surface area contributed by atoms with Crippen molar-refractivity contribution < 1.29 is 14.6 Å². The maximum Gasteiger partial charge on any atom is 0.307 e. The van der Waals surface area contributed by atoms with E-state index in [0.717, 1.165) is 0 Å². The Morgan fingerprint density at radius 1 is 1.54 bits per heavy atom. The lowest BCUT2D eigenvalue weighted by Crippen LogP contribution is -2.36. The Balaban J connectivity index is 3.89. The fraction of sp³-hybridized carbons (Fsp3) is 0.889. The number of rotatable bonds is 3. The standard InChI is InChI=1S/C9H19NO3/c1-6(11)7(10)5-8(12)13-9(2,3)4/h6-7,11H,5,10H2,1-4H3/t6?,7-/m0/s1. The SMILES string of the molecule is CC(O)[C@@H](N)CC(=O)OC(C)(C)C. The quantitative estimate of drug-likeness (QED) is 0.631. The van der Waals surface area contributed by atoms with E-state index in [1.165, 1.54) is 0 Å². The summed E-state index contributed by atoms with van der Waals surface area (Å²) in [5.74, 6) is -0.374. The Bertz CT molecular complexity index is 172. The molecule has 4 nitrogen and oxygen atoms in total. The first-order chi connectivity index (χ1) is 5.72. The normalized spacial score (nSPS) is 16.5. The van der Waals surface area contributed by atoms with Gasteiger partial charge in [0.25, 0.3) is 0 Å². The summed E-state index contributed by atoms with van der Waals surface area (Å²) in [6.07, 6.45) is -0.637. The zero-order valence-electron chi connectivity index (χ0n) is 8.70. The largest absolute Gasteiger partial charge is 0.460 e. The van der Waals surface area contributed by atoms with Crippen LogP contribution in [0.25, 0.3) is 0 Å². The summed E-state index contributed by atoms with van der Waals surface area (Å²) in [5.41, 5.74) is 4.99. The van der Waals surface area contributed by atoms with Crippen molar-refractivity contribution >= 4 is 5.97 Å². The number of carbonyl (C=O) groups excluding carboxylic acids is 1.